The van der Waals surface area contributed by atoms with Gasteiger partial charge >= 0.3 is 0 Å². The van der Waals surface area contributed by atoms with Gasteiger partial charge in [-0.05, 0) is 0 Å². The maximum Gasteiger partial charge on any atom is 0 e. The average molecular weight is 259 g/mol. The zero-order chi connectivity index (χ0) is 8.81. The molecule has 0 unspecified atom stereocenters. The molecular weight excluding hydrogens is 245 g/mol. The Labute approximate surface area is 93.1 Å². The quantitative estimate of drug-likeness (QED) is 0.502. The molecule has 2 aromatic rings. The summed E-state index contributed by atoms with van der Waals surface area (Å²) in [5, 5.41) is 0. The third-order valence-electron chi connectivity index (χ3n) is 1.62. The van der Waals surface area contributed by atoms with Gasteiger partial charge in [0.05, 0.1) is 0 Å². The largest absolute Gasteiger partial charge is 0.748 e. The molecule has 76 valence electrons. The molecule has 0 radical (unpaired) electrons. The predicted octanol–water partition coefficient (Wildman–Crippen LogP) is 3.43. The standard InChI is InChI=1S/C7H9.C5H5.Ru/c1-6-3-4-7(2)5-6;1-2-4-5-3-1;/h3-5H,1-2H3;1-5H;/q-1;-5;. The smallest absolute Gasteiger partial charge is 0 e. The Kier molecular flexibility index (Phi) is 6.44. The van der Waals surface area contributed by atoms with Gasteiger partial charge in [-0.15, -0.1) is 0 Å². The predicted molar refractivity (Wildman–Crippen MR) is 53.5 cm³/mol. The van der Waals surface area contributed by atoms with E-state index in [9.17, 15) is 0 Å². The van der Waals surface area contributed by atoms with E-state index in [4.69, 9.17) is 0 Å². The molecule has 0 aromatic heterocycles. The summed E-state index contributed by atoms with van der Waals surface area (Å²) in [7, 11) is 0. The van der Waals surface area contributed by atoms with Crippen molar-refractivity contribution in [3.8, 4) is 0 Å². The maximum absolute atomic E-state index is 2.17. The van der Waals surface area contributed by atoms with Crippen molar-refractivity contribution < 1.29 is 19.5 Å². The van der Waals surface area contributed by atoms with Crippen LogP contribution in [0.5, 0.6) is 0 Å². The first-order valence-electron chi connectivity index (χ1n) is 4.15. The van der Waals surface area contributed by atoms with Crippen molar-refractivity contribution in [1.82, 2.24) is 0 Å². The first-order chi connectivity index (χ1) is 5.79. The Morgan fingerprint density at radius 3 is 1.69 bits per heavy atom. The van der Waals surface area contributed by atoms with Gasteiger partial charge in [0.2, 0.25) is 0 Å². The van der Waals surface area contributed by atoms with Crippen molar-refractivity contribution in [2.45, 2.75) is 13.8 Å². The van der Waals surface area contributed by atoms with Crippen LogP contribution in [-0.4, -0.2) is 0 Å². The normalized spacial score (nSPS) is 8.15. The van der Waals surface area contributed by atoms with E-state index in [-0.39, 0.29) is 19.5 Å². The third kappa shape index (κ3) is 5.54. The van der Waals surface area contributed by atoms with Crippen LogP contribution in [0.15, 0.2) is 48.5 Å². The van der Waals surface area contributed by atoms with Crippen LogP contribution in [0.4, 0.5) is 0 Å². The molecule has 0 saturated carbocycles. The number of hydrogen-bond acceptors (Lipinski definition) is 0. The van der Waals surface area contributed by atoms with Crippen LogP contribution in [0.1, 0.15) is 11.1 Å². The number of hydrogen-bond donors (Lipinski definition) is 0. The van der Waals surface area contributed by atoms with Crippen LogP contribution >= 0.6 is 0 Å². The van der Waals surface area contributed by atoms with Crippen molar-refractivity contribution in [2.75, 3.05) is 0 Å². The van der Waals surface area contributed by atoms with Crippen molar-refractivity contribution in [2.24, 2.45) is 0 Å². The van der Waals surface area contributed by atoms with Gasteiger partial charge in [0, 0.05) is 19.5 Å². The molecule has 0 atom stereocenters. The summed E-state index contributed by atoms with van der Waals surface area (Å²) in [6.45, 7) is 4.21. The molecule has 0 N–H and O–H groups in total. The molecule has 0 amide bonds. The third-order valence-corrected chi connectivity index (χ3v) is 1.62. The van der Waals surface area contributed by atoms with Crippen molar-refractivity contribution >= 4 is 0 Å². The van der Waals surface area contributed by atoms with Crippen LogP contribution in [0.3, 0.4) is 0 Å². The fourth-order valence-electron chi connectivity index (χ4n) is 1.04. The molecule has 2 aromatic carbocycles. The molecule has 0 nitrogen and oxygen atoms in total. The second-order valence-electron chi connectivity index (χ2n) is 2.93. The number of aryl methyl sites for hydroxylation is 2. The van der Waals surface area contributed by atoms with E-state index in [0.29, 0.717) is 0 Å². The summed E-state index contributed by atoms with van der Waals surface area (Å²) in [4.78, 5) is 0. The monoisotopic (exact) mass is 260 g/mol. The summed E-state index contributed by atoms with van der Waals surface area (Å²) in [5.74, 6) is 0. The van der Waals surface area contributed by atoms with E-state index in [2.05, 4.69) is 32.0 Å². The molecule has 0 saturated heterocycles. The van der Waals surface area contributed by atoms with Crippen LogP contribution in [0.2, 0.25) is 0 Å². The van der Waals surface area contributed by atoms with E-state index >= 15 is 0 Å². The Hall–Kier alpha value is -0.677. The van der Waals surface area contributed by atoms with Gasteiger partial charge < -0.3 is 30.3 Å². The summed E-state index contributed by atoms with van der Waals surface area (Å²) < 4.78 is 0. The van der Waals surface area contributed by atoms with Gasteiger partial charge in [0.1, 0.15) is 0 Å². The van der Waals surface area contributed by atoms with Crippen LogP contribution in [-0.2, 0) is 19.5 Å². The first kappa shape index (κ1) is 12.3. The van der Waals surface area contributed by atoms with Gasteiger partial charge in [0.15, 0.2) is 0 Å². The van der Waals surface area contributed by atoms with Crippen molar-refractivity contribution in [3.05, 3.63) is 59.7 Å². The summed E-state index contributed by atoms with van der Waals surface area (Å²) in [6.07, 6.45) is 0. The minimum absolute atomic E-state index is 0. The molecule has 0 heterocycles. The van der Waals surface area contributed by atoms with E-state index in [1.54, 1.807) is 0 Å². The fourth-order valence-corrected chi connectivity index (χ4v) is 1.04. The van der Waals surface area contributed by atoms with E-state index in [1.807, 2.05) is 30.3 Å². The second kappa shape index (κ2) is 6.80. The molecule has 2 rings (SSSR count). The van der Waals surface area contributed by atoms with Crippen molar-refractivity contribution in [1.29, 1.82) is 0 Å². The molecule has 0 spiro atoms. The fraction of sp³-hybridized carbons (Fsp3) is 0.167. The van der Waals surface area contributed by atoms with Crippen LogP contribution < -0.4 is 0 Å². The van der Waals surface area contributed by atoms with Crippen molar-refractivity contribution in [3.63, 3.8) is 0 Å². The molecule has 0 bridgehead atoms. The summed E-state index contributed by atoms with van der Waals surface area (Å²) >= 11 is 0. The Morgan fingerprint density at radius 2 is 1.54 bits per heavy atom. The van der Waals surface area contributed by atoms with Gasteiger partial charge in [0.25, 0.3) is 0 Å². The topological polar surface area (TPSA) is 0 Å². The zero-order valence-electron chi connectivity index (χ0n) is 7.97. The van der Waals surface area contributed by atoms with E-state index < -0.39 is 0 Å². The Bertz CT molecular complexity index is 257. The van der Waals surface area contributed by atoms with Crippen LogP contribution in [0.25, 0.3) is 0 Å². The number of rotatable bonds is 0. The SMILES string of the molecule is Cc1cc[c-](C)c1.[Ru].[cH-]1[cH-][cH-][cH-][cH-]1. The minimum atomic E-state index is 0. The van der Waals surface area contributed by atoms with Gasteiger partial charge in [-0.3, -0.25) is 0 Å². The van der Waals surface area contributed by atoms with Gasteiger partial charge in [-0.1, -0.05) is 13.8 Å². The summed E-state index contributed by atoms with van der Waals surface area (Å²) in [5.41, 5.74) is 2.72. The second-order valence-corrected chi connectivity index (χ2v) is 2.93. The molecule has 0 aliphatic rings. The van der Waals surface area contributed by atoms with E-state index in [1.165, 1.54) is 11.1 Å². The zero-order valence-corrected chi connectivity index (χ0v) is 9.71. The molecule has 0 aliphatic heterocycles. The van der Waals surface area contributed by atoms with Crippen LogP contribution in [0, 0.1) is 13.8 Å². The first-order valence-corrected chi connectivity index (χ1v) is 4.15. The Morgan fingerprint density at radius 1 is 1.08 bits per heavy atom. The summed E-state index contributed by atoms with van der Waals surface area (Å²) in [6, 6.07) is 16.4. The molecule has 1 heteroatoms. The average Bonchev–Trinajstić information content (AvgIpc) is 2.63. The minimum Gasteiger partial charge on any atom is -0.748 e. The molecular formula is C12H14Ru-6. The van der Waals surface area contributed by atoms with Gasteiger partial charge in [-0.25, -0.2) is 11.6 Å². The van der Waals surface area contributed by atoms with Gasteiger partial charge in [-0.2, -0.15) is 17.7 Å². The maximum atomic E-state index is 2.17. The molecule has 13 heavy (non-hydrogen) atoms. The molecule has 0 fully saturated rings. The Balaban J connectivity index is 0.000000215. The molecule has 0 aliphatic carbocycles. The van der Waals surface area contributed by atoms with E-state index in [0.717, 1.165) is 0 Å².